The first-order valence-corrected chi connectivity index (χ1v) is 12.6. The summed E-state index contributed by atoms with van der Waals surface area (Å²) in [6, 6.07) is 14.9. The summed E-state index contributed by atoms with van der Waals surface area (Å²) in [6.45, 7) is 8.58. The van der Waals surface area contributed by atoms with E-state index in [0.717, 1.165) is 22.3 Å². The average Bonchev–Trinajstić information content (AvgIpc) is 3.18. The molecule has 9 nitrogen and oxygen atoms in total. The molecule has 0 heterocycles. The second-order valence-corrected chi connectivity index (χ2v) is 10.0. The first-order chi connectivity index (χ1) is 18.1. The van der Waals surface area contributed by atoms with E-state index in [9.17, 15) is 19.5 Å². The van der Waals surface area contributed by atoms with Gasteiger partial charge in [-0.15, -0.1) is 0 Å². The molecule has 3 N–H and O–H groups in total. The normalized spacial score (nSPS) is 14.0. The second kappa shape index (κ2) is 13.2. The molecule has 0 aromatic heterocycles. The number of benzene rings is 2. The van der Waals surface area contributed by atoms with Crippen molar-refractivity contribution in [1.29, 1.82) is 0 Å². The molecule has 1 aliphatic rings. The molecular formula is C29H36N2O7. The molecule has 1 unspecified atom stereocenters. The lowest BCUT2D eigenvalue weighted by atomic mass is 9.98. The van der Waals surface area contributed by atoms with Crippen LogP contribution in [-0.4, -0.2) is 67.2 Å². The van der Waals surface area contributed by atoms with Crippen LogP contribution in [-0.2, 0) is 23.8 Å². The fraction of sp³-hybridized carbons (Fsp3) is 0.414. The number of hydrogen-bond donors (Lipinski definition) is 3. The number of fused-ring (bicyclic) bond motifs is 3. The van der Waals surface area contributed by atoms with Crippen molar-refractivity contribution < 1.29 is 33.7 Å². The van der Waals surface area contributed by atoms with Gasteiger partial charge in [-0.05, 0) is 43.0 Å². The van der Waals surface area contributed by atoms with Gasteiger partial charge in [-0.25, -0.2) is 4.79 Å². The number of carbonyl (C=O) groups excluding carboxylic acids is 3. The predicted octanol–water partition coefficient (Wildman–Crippen LogP) is 3.31. The molecule has 3 rings (SSSR count). The minimum absolute atomic E-state index is 0.0771. The molecule has 0 spiro atoms. The van der Waals surface area contributed by atoms with Crippen LogP contribution >= 0.6 is 0 Å². The quantitative estimate of drug-likeness (QED) is 0.220. The van der Waals surface area contributed by atoms with E-state index in [1.165, 1.54) is 6.08 Å². The van der Waals surface area contributed by atoms with Gasteiger partial charge in [-0.3, -0.25) is 9.59 Å². The maximum Gasteiger partial charge on any atom is 0.407 e. The standard InChI is InChI=1S/C29H36N2O7/c1-5-14-36-27(34)17-30-16-25(32)24(15-26(33)38-29(2,3)4)31-28(35)37-18-23-21-12-8-6-10-19(21)20-11-7-9-13-22(20)23/h5-13,23-25,30,32H,1,14-18H2,2-4H3,(H,31,35)/t24-,25?/m0/s1. The van der Waals surface area contributed by atoms with Crippen LogP contribution in [0.3, 0.4) is 0 Å². The Bertz CT molecular complexity index is 1100. The van der Waals surface area contributed by atoms with Gasteiger partial charge in [0.1, 0.15) is 18.8 Å². The van der Waals surface area contributed by atoms with Crippen molar-refractivity contribution in [2.45, 2.75) is 50.9 Å². The zero-order chi connectivity index (χ0) is 27.7. The summed E-state index contributed by atoms with van der Waals surface area (Å²) in [5.74, 6) is -1.25. The molecule has 38 heavy (non-hydrogen) atoms. The highest BCUT2D eigenvalue weighted by Gasteiger charge is 2.31. The monoisotopic (exact) mass is 524 g/mol. The number of amides is 1. The maximum absolute atomic E-state index is 12.8. The van der Waals surface area contributed by atoms with E-state index in [4.69, 9.17) is 14.2 Å². The van der Waals surface area contributed by atoms with Crippen molar-refractivity contribution in [3.63, 3.8) is 0 Å². The van der Waals surface area contributed by atoms with E-state index in [1.54, 1.807) is 20.8 Å². The van der Waals surface area contributed by atoms with Gasteiger partial charge in [0.15, 0.2) is 0 Å². The molecule has 0 saturated carbocycles. The SMILES string of the molecule is C=CCOC(=O)CNCC(O)[C@H](CC(=O)OC(C)(C)C)NC(=O)OCC1c2ccccc2-c2ccccc21. The summed E-state index contributed by atoms with van der Waals surface area (Å²) in [4.78, 5) is 36.9. The molecule has 2 aromatic carbocycles. The van der Waals surface area contributed by atoms with Crippen LogP contribution in [0.5, 0.6) is 0 Å². The van der Waals surface area contributed by atoms with E-state index < -0.39 is 35.8 Å². The Balaban J connectivity index is 1.62. The summed E-state index contributed by atoms with van der Waals surface area (Å²) in [5.41, 5.74) is 3.61. The molecule has 0 fully saturated rings. The summed E-state index contributed by atoms with van der Waals surface area (Å²) in [5, 5.41) is 16.1. The number of rotatable bonds is 12. The zero-order valence-corrected chi connectivity index (χ0v) is 22.1. The second-order valence-electron chi connectivity index (χ2n) is 10.0. The van der Waals surface area contributed by atoms with Gasteiger partial charge in [-0.1, -0.05) is 61.2 Å². The Kier molecular flexibility index (Phi) is 10.0. The molecule has 0 bridgehead atoms. The van der Waals surface area contributed by atoms with Gasteiger partial charge in [0.25, 0.3) is 0 Å². The van der Waals surface area contributed by atoms with Crippen LogP contribution in [0.4, 0.5) is 4.79 Å². The Morgan fingerprint density at radius 2 is 1.61 bits per heavy atom. The molecular weight excluding hydrogens is 488 g/mol. The third-order valence-electron chi connectivity index (χ3n) is 5.90. The van der Waals surface area contributed by atoms with Gasteiger partial charge in [-0.2, -0.15) is 0 Å². The van der Waals surface area contributed by atoms with Crippen LogP contribution in [0.15, 0.2) is 61.2 Å². The van der Waals surface area contributed by atoms with Crippen molar-refractivity contribution in [2.24, 2.45) is 0 Å². The number of alkyl carbamates (subject to hydrolysis) is 1. The van der Waals surface area contributed by atoms with Gasteiger partial charge < -0.3 is 30.0 Å². The molecule has 2 atom stereocenters. The zero-order valence-electron chi connectivity index (χ0n) is 22.1. The van der Waals surface area contributed by atoms with Crippen LogP contribution in [0.1, 0.15) is 44.2 Å². The third kappa shape index (κ3) is 8.16. The number of hydrogen-bond acceptors (Lipinski definition) is 8. The molecule has 1 aliphatic carbocycles. The summed E-state index contributed by atoms with van der Waals surface area (Å²) in [7, 11) is 0. The Labute approximate surface area is 223 Å². The van der Waals surface area contributed by atoms with Gasteiger partial charge in [0, 0.05) is 12.5 Å². The number of aliphatic hydroxyl groups excluding tert-OH is 1. The molecule has 2 aromatic rings. The lowest BCUT2D eigenvalue weighted by molar-refractivity contribution is -0.156. The van der Waals surface area contributed by atoms with Gasteiger partial charge in [0.05, 0.1) is 25.1 Å². The topological polar surface area (TPSA) is 123 Å². The molecule has 1 amide bonds. The first-order valence-electron chi connectivity index (χ1n) is 12.6. The van der Waals surface area contributed by atoms with Crippen molar-refractivity contribution in [1.82, 2.24) is 10.6 Å². The number of aliphatic hydroxyl groups is 1. The fourth-order valence-corrected chi connectivity index (χ4v) is 4.30. The highest BCUT2D eigenvalue weighted by atomic mass is 16.6. The minimum atomic E-state index is -1.21. The van der Waals surface area contributed by atoms with Gasteiger partial charge >= 0.3 is 18.0 Å². The van der Waals surface area contributed by atoms with Crippen molar-refractivity contribution in [2.75, 3.05) is 26.3 Å². The van der Waals surface area contributed by atoms with E-state index in [-0.39, 0.29) is 38.6 Å². The van der Waals surface area contributed by atoms with Crippen molar-refractivity contribution in [3.05, 3.63) is 72.3 Å². The molecule has 0 saturated heterocycles. The number of carbonyl (C=O) groups is 3. The maximum atomic E-state index is 12.8. The largest absolute Gasteiger partial charge is 0.461 e. The summed E-state index contributed by atoms with van der Waals surface area (Å²) in [6.07, 6.45) is -0.826. The fourth-order valence-electron chi connectivity index (χ4n) is 4.30. The highest BCUT2D eigenvalue weighted by Crippen LogP contribution is 2.44. The van der Waals surface area contributed by atoms with Gasteiger partial charge in [0.2, 0.25) is 0 Å². The summed E-state index contributed by atoms with van der Waals surface area (Å²) < 4.78 is 15.8. The van der Waals surface area contributed by atoms with Crippen molar-refractivity contribution >= 4 is 18.0 Å². The van der Waals surface area contributed by atoms with Crippen LogP contribution in [0.2, 0.25) is 0 Å². The van der Waals surface area contributed by atoms with E-state index in [0.29, 0.717) is 0 Å². The number of nitrogens with one attached hydrogen (secondary N) is 2. The molecule has 0 aliphatic heterocycles. The lowest BCUT2D eigenvalue weighted by Crippen LogP contribution is -2.49. The Morgan fingerprint density at radius 1 is 1.00 bits per heavy atom. The molecule has 9 heteroatoms. The van der Waals surface area contributed by atoms with Crippen LogP contribution < -0.4 is 10.6 Å². The minimum Gasteiger partial charge on any atom is -0.461 e. The molecule has 0 radical (unpaired) electrons. The van der Waals surface area contributed by atoms with E-state index >= 15 is 0 Å². The van der Waals surface area contributed by atoms with E-state index in [1.807, 2.05) is 48.5 Å². The van der Waals surface area contributed by atoms with E-state index in [2.05, 4.69) is 17.2 Å². The van der Waals surface area contributed by atoms with Crippen LogP contribution in [0, 0.1) is 0 Å². The number of ether oxygens (including phenoxy) is 3. The predicted molar refractivity (Wildman–Crippen MR) is 142 cm³/mol. The Morgan fingerprint density at radius 3 is 2.18 bits per heavy atom. The summed E-state index contributed by atoms with van der Waals surface area (Å²) >= 11 is 0. The lowest BCUT2D eigenvalue weighted by Gasteiger charge is -2.26. The van der Waals surface area contributed by atoms with Crippen LogP contribution in [0.25, 0.3) is 11.1 Å². The highest BCUT2D eigenvalue weighted by molar-refractivity contribution is 5.79. The van der Waals surface area contributed by atoms with Crippen molar-refractivity contribution in [3.8, 4) is 11.1 Å². The number of esters is 2. The Hall–Kier alpha value is -3.69. The molecule has 204 valence electrons. The smallest absolute Gasteiger partial charge is 0.407 e. The third-order valence-corrected chi connectivity index (χ3v) is 5.90. The average molecular weight is 525 g/mol. The first kappa shape index (κ1) is 28.9.